The molecule has 0 N–H and O–H groups in total. The first-order valence-corrected chi connectivity index (χ1v) is 9.37. The van der Waals surface area contributed by atoms with Gasteiger partial charge in [-0.2, -0.15) is 4.31 Å². The van der Waals surface area contributed by atoms with E-state index in [2.05, 4.69) is 0 Å². The lowest BCUT2D eigenvalue weighted by molar-refractivity contribution is -0.384. The molecule has 2 aromatic rings. The van der Waals surface area contributed by atoms with Gasteiger partial charge in [-0.1, -0.05) is 42.5 Å². The molecule has 1 unspecified atom stereocenters. The second kappa shape index (κ2) is 7.16. The van der Waals surface area contributed by atoms with Gasteiger partial charge < -0.3 is 0 Å². The van der Waals surface area contributed by atoms with E-state index >= 15 is 0 Å². The molecule has 0 spiro atoms. The predicted molar refractivity (Wildman–Crippen MR) is 94.8 cm³/mol. The van der Waals surface area contributed by atoms with Crippen LogP contribution >= 0.6 is 0 Å². The molecule has 3 rings (SSSR count). The lowest BCUT2D eigenvalue weighted by Gasteiger charge is -2.24. The number of nitro groups is 1. The first kappa shape index (κ1) is 17.3. The fourth-order valence-electron chi connectivity index (χ4n) is 2.90. The highest BCUT2D eigenvalue weighted by Gasteiger charge is 2.28. The third-order valence-electron chi connectivity index (χ3n) is 4.28. The summed E-state index contributed by atoms with van der Waals surface area (Å²) in [6, 6.07) is 14.8. The van der Waals surface area contributed by atoms with Gasteiger partial charge in [0.15, 0.2) is 0 Å². The normalized spacial score (nSPS) is 18.6. The summed E-state index contributed by atoms with van der Waals surface area (Å²) < 4.78 is 27.3. The van der Waals surface area contributed by atoms with Gasteiger partial charge >= 0.3 is 0 Å². The van der Waals surface area contributed by atoms with Crippen molar-refractivity contribution < 1.29 is 13.3 Å². The molecule has 130 valence electrons. The van der Waals surface area contributed by atoms with E-state index in [0.717, 1.165) is 12.0 Å². The number of hydrogen-bond acceptors (Lipinski definition) is 4. The summed E-state index contributed by atoms with van der Waals surface area (Å²) in [5.74, 6) is 0.0766. The van der Waals surface area contributed by atoms with Crippen LogP contribution in [0.3, 0.4) is 0 Å². The molecule has 0 radical (unpaired) electrons. The Hall–Kier alpha value is -2.51. The first-order valence-electron chi connectivity index (χ1n) is 7.93. The largest absolute Gasteiger partial charge is 0.269 e. The average Bonchev–Trinajstić information content (AvgIpc) is 2.89. The van der Waals surface area contributed by atoms with Gasteiger partial charge in [-0.25, -0.2) is 8.42 Å². The summed E-state index contributed by atoms with van der Waals surface area (Å²) in [6.45, 7) is 0.666. The smallest absolute Gasteiger partial charge is 0.258 e. The van der Waals surface area contributed by atoms with Crippen LogP contribution in [0, 0.1) is 10.1 Å². The Morgan fingerprint density at radius 1 is 1.00 bits per heavy atom. The zero-order valence-electron chi connectivity index (χ0n) is 13.5. The summed E-state index contributed by atoms with van der Waals surface area (Å²) in [4.78, 5) is 10.3. The minimum Gasteiger partial charge on any atom is -0.258 e. The van der Waals surface area contributed by atoms with Crippen LogP contribution in [-0.2, 0) is 10.0 Å². The van der Waals surface area contributed by atoms with Crippen molar-refractivity contribution in [3.05, 3.63) is 82.4 Å². The number of hydrogen-bond donors (Lipinski definition) is 0. The zero-order valence-corrected chi connectivity index (χ0v) is 14.3. The van der Waals surface area contributed by atoms with Crippen molar-refractivity contribution in [2.24, 2.45) is 0 Å². The topological polar surface area (TPSA) is 80.5 Å². The molecule has 7 heteroatoms. The Kier molecular flexibility index (Phi) is 4.96. The van der Waals surface area contributed by atoms with Crippen LogP contribution in [0.25, 0.3) is 0 Å². The van der Waals surface area contributed by atoms with Crippen LogP contribution in [0.5, 0.6) is 0 Å². The quantitative estimate of drug-likeness (QED) is 0.477. The maximum absolute atomic E-state index is 12.9. The van der Waals surface area contributed by atoms with Crippen molar-refractivity contribution in [3.8, 4) is 0 Å². The standard InChI is InChI=1S/C18H18N2O4S/c21-20(22)17-9-11-18(12-10-17)25(23,24)19-13-5-4-8-16(14-19)15-6-2-1-3-7-15/h1-7,9-12,16H,8,13-14H2. The van der Waals surface area contributed by atoms with Gasteiger partial charge in [0.1, 0.15) is 0 Å². The summed E-state index contributed by atoms with van der Waals surface area (Å²) in [7, 11) is -3.71. The van der Waals surface area contributed by atoms with Gasteiger partial charge in [-0.15, -0.1) is 0 Å². The van der Waals surface area contributed by atoms with Crippen LogP contribution in [0.2, 0.25) is 0 Å². The van der Waals surface area contributed by atoms with Crippen LogP contribution in [0.4, 0.5) is 5.69 Å². The third-order valence-corrected chi connectivity index (χ3v) is 6.12. The van der Waals surface area contributed by atoms with Crippen molar-refractivity contribution in [2.75, 3.05) is 13.1 Å². The molecule has 25 heavy (non-hydrogen) atoms. The van der Waals surface area contributed by atoms with Crippen LogP contribution in [0.1, 0.15) is 17.9 Å². The SMILES string of the molecule is O=[N+]([O-])c1ccc(S(=O)(=O)N2CC=CCC(c3ccccc3)C2)cc1. The number of sulfonamides is 1. The summed E-state index contributed by atoms with van der Waals surface area (Å²) >= 11 is 0. The Bertz CT molecular complexity index is 877. The Morgan fingerprint density at radius 3 is 2.32 bits per heavy atom. The lowest BCUT2D eigenvalue weighted by atomic mass is 9.96. The molecule has 1 atom stereocenters. The number of rotatable bonds is 4. The first-order chi connectivity index (χ1) is 12.0. The molecule has 0 fully saturated rings. The molecule has 1 aliphatic heterocycles. The Balaban J connectivity index is 1.88. The molecule has 0 saturated carbocycles. The van der Waals surface area contributed by atoms with Crippen molar-refractivity contribution in [1.82, 2.24) is 4.31 Å². The van der Waals surface area contributed by atoms with Gasteiger partial charge in [0.25, 0.3) is 5.69 Å². The van der Waals surface area contributed by atoms with Crippen LogP contribution in [-0.4, -0.2) is 30.7 Å². The van der Waals surface area contributed by atoms with E-state index in [1.807, 2.05) is 42.5 Å². The highest BCUT2D eigenvalue weighted by molar-refractivity contribution is 7.89. The van der Waals surface area contributed by atoms with Gasteiger partial charge in [-0.3, -0.25) is 10.1 Å². The van der Waals surface area contributed by atoms with Gasteiger partial charge in [0.05, 0.1) is 9.82 Å². The molecule has 0 aliphatic carbocycles. The van der Waals surface area contributed by atoms with E-state index in [4.69, 9.17) is 0 Å². The summed E-state index contributed by atoms with van der Waals surface area (Å²) in [6.07, 6.45) is 4.63. The van der Waals surface area contributed by atoms with Crippen molar-refractivity contribution in [2.45, 2.75) is 17.2 Å². The number of allylic oxidation sites excluding steroid dienone is 1. The number of nitrogens with zero attached hydrogens (tertiary/aromatic N) is 2. The Morgan fingerprint density at radius 2 is 1.68 bits per heavy atom. The molecular weight excluding hydrogens is 340 g/mol. The maximum Gasteiger partial charge on any atom is 0.269 e. The highest BCUT2D eigenvalue weighted by Crippen LogP contribution is 2.27. The number of benzene rings is 2. The second-order valence-corrected chi connectivity index (χ2v) is 7.83. The number of nitro benzene ring substituents is 1. The van der Waals surface area contributed by atoms with E-state index < -0.39 is 14.9 Å². The third kappa shape index (κ3) is 3.78. The molecule has 6 nitrogen and oxygen atoms in total. The summed E-state index contributed by atoms with van der Waals surface area (Å²) in [5.41, 5.74) is 0.967. The van der Waals surface area contributed by atoms with E-state index in [9.17, 15) is 18.5 Å². The Labute approximate surface area is 146 Å². The lowest BCUT2D eigenvalue weighted by Crippen LogP contribution is -2.34. The van der Waals surface area contributed by atoms with E-state index in [-0.39, 0.29) is 16.5 Å². The fourth-order valence-corrected chi connectivity index (χ4v) is 4.34. The van der Waals surface area contributed by atoms with Crippen molar-refractivity contribution in [3.63, 3.8) is 0 Å². The van der Waals surface area contributed by atoms with Crippen molar-refractivity contribution >= 4 is 15.7 Å². The zero-order chi connectivity index (χ0) is 17.9. The molecule has 1 heterocycles. The molecule has 0 saturated heterocycles. The molecule has 0 aromatic heterocycles. The van der Waals surface area contributed by atoms with Gasteiger partial charge in [-0.05, 0) is 24.1 Å². The van der Waals surface area contributed by atoms with Crippen LogP contribution in [0.15, 0.2) is 71.6 Å². The average molecular weight is 358 g/mol. The molecule has 0 amide bonds. The van der Waals surface area contributed by atoms with Crippen LogP contribution < -0.4 is 0 Å². The van der Waals surface area contributed by atoms with E-state index in [0.29, 0.717) is 13.1 Å². The molecular formula is C18H18N2O4S. The second-order valence-electron chi connectivity index (χ2n) is 5.89. The van der Waals surface area contributed by atoms with Crippen molar-refractivity contribution in [1.29, 1.82) is 0 Å². The minimum atomic E-state index is -3.71. The van der Waals surface area contributed by atoms with E-state index in [1.165, 1.54) is 28.6 Å². The molecule has 0 bridgehead atoms. The van der Waals surface area contributed by atoms with Gasteiger partial charge in [0.2, 0.25) is 10.0 Å². The maximum atomic E-state index is 12.9. The minimum absolute atomic E-state index is 0.0696. The highest BCUT2D eigenvalue weighted by atomic mass is 32.2. The fraction of sp³-hybridized carbons (Fsp3) is 0.222. The van der Waals surface area contributed by atoms with E-state index in [1.54, 1.807) is 0 Å². The molecule has 1 aliphatic rings. The predicted octanol–water partition coefficient (Wildman–Crippen LogP) is 3.33. The van der Waals surface area contributed by atoms with Gasteiger partial charge in [0, 0.05) is 31.1 Å². The molecule has 2 aromatic carbocycles. The number of non-ortho nitro benzene ring substituents is 1. The summed E-state index contributed by atoms with van der Waals surface area (Å²) in [5, 5.41) is 10.7. The monoisotopic (exact) mass is 358 g/mol.